The number of esters is 1. The summed E-state index contributed by atoms with van der Waals surface area (Å²) in [5, 5.41) is 8.95. The van der Waals surface area contributed by atoms with Gasteiger partial charge in [-0.25, -0.2) is 9.78 Å². The SMILES string of the molecule is CCOC(=O)c1cc(C(F)(F)F)c(O)cn1. The van der Waals surface area contributed by atoms with Gasteiger partial charge in [0.2, 0.25) is 0 Å². The minimum Gasteiger partial charge on any atom is -0.506 e. The molecule has 0 saturated heterocycles. The summed E-state index contributed by atoms with van der Waals surface area (Å²) < 4.78 is 41.5. The summed E-state index contributed by atoms with van der Waals surface area (Å²) in [6.45, 7) is 1.55. The highest BCUT2D eigenvalue weighted by Gasteiger charge is 2.35. The number of hydrogen-bond acceptors (Lipinski definition) is 4. The van der Waals surface area contributed by atoms with E-state index in [-0.39, 0.29) is 6.61 Å². The largest absolute Gasteiger partial charge is 0.506 e. The molecule has 1 rings (SSSR count). The number of alkyl halides is 3. The van der Waals surface area contributed by atoms with Gasteiger partial charge in [0.1, 0.15) is 17.0 Å². The lowest BCUT2D eigenvalue weighted by Gasteiger charge is -2.09. The molecule has 0 bridgehead atoms. The molecule has 0 unspecified atom stereocenters. The summed E-state index contributed by atoms with van der Waals surface area (Å²) in [6.07, 6.45) is -4.18. The molecule has 0 aliphatic carbocycles. The Hall–Kier alpha value is -1.79. The highest BCUT2D eigenvalue weighted by molar-refractivity contribution is 5.87. The van der Waals surface area contributed by atoms with Crippen molar-refractivity contribution < 1.29 is 27.8 Å². The molecule has 0 saturated carbocycles. The molecule has 7 heteroatoms. The first kappa shape index (κ1) is 12.3. The van der Waals surface area contributed by atoms with Gasteiger partial charge in [-0.2, -0.15) is 13.2 Å². The van der Waals surface area contributed by atoms with Crippen LogP contribution in [0.15, 0.2) is 12.3 Å². The third-order valence-electron chi connectivity index (χ3n) is 1.67. The Labute approximate surface area is 88.7 Å². The summed E-state index contributed by atoms with van der Waals surface area (Å²) in [5.41, 5.74) is -1.81. The number of halogens is 3. The topological polar surface area (TPSA) is 59.4 Å². The molecule has 0 radical (unpaired) electrons. The summed E-state index contributed by atoms with van der Waals surface area (Å²) in [6, 6.07) is 0.452. The van der Waals surface area contributed by atoms with E-state index in [1.807, 2.05) is 0 Å². The lowest BCUT2D eigenvalue weighted by Crippen LogP contribution is -2.11. The van der Waals surface area contributed by atoms with Crippen LogP contribution in [0.4, 0.5) is 13.2 Å². The summed E-state index contributed by atoms with van der Waals surface area (Å²) in [7, 11) is 0. The van der Waals surface area contributed by atoms with Crippen molar-refractivity contribution in [3.8, 4) is 5.75 Å². The number of nitrogens with zero attached hydrogens (tertiary/aromatic N) is 1. The van der Waals surface area contributed by atoms with Crippen LogP contribution in [0.5, 0.6) is 5.75 Å². The normalized spacial score (nSPS) is 11.2. The molecule has 1 aromatic heterocycles. The lowest BCUT2D eigenvalue weighted by molar-refractivity contribution is -0.138. The molecule has 0 aromatic carbocycles. The van der Waals surface area contributed by atoms with Crippen molar-refractivity contribution in [3.63, 3.8) is 0 Å². The van der Waals surface area contributed by atoms with E-state index in [1.54, 1.807) is 0 Å². The Morgan fingerprint density at radius 2 is 2.19 bits per heavy atom. The van der Waals surface area contributed by atoms with E-state index >= 15 is 0 Å². The van der Waals surface area contributed by atoms with Gasteiger partial charge in [0, 0.05) is 0 Å². The van der Waals surface area contributed by atoms with Crippen LogP contribution in [0.1, 0.15) is 23.0 Å². The van der Waals surface area contributed by atoms with E-state index in [0.717, 1.165) is 0 Å². The number of ether oxygens (including phenoxy) is 1. The predicted molar refractivity (Wildman–Crippen MR) is 46.9 cm³/mol. The monoisotopic (exact) mass is 235 g/mol. The maximum atomic E-state index is 12.3. The highest BCUT2D eigenvalue weighted by Crippen LogP contribution is 2.35. The molecule has 1 heterocycles. The van der Waals surface area contributed by atoms with Gasteiger partial charge in [-0.05, 0) is 13.0 Å². The Kier molecular flexibility index (Phi) is 3.36. The smallest absolute Gasteiger partial charge is 0.420 e. The van der Waals surface area contributed by atoms with Crippen LogP contribution >= 0.6 is 0 Å². The molecular formula is C9H8F3NO3. The van der Waals surface area contributed by atoms with Crippen LogP contribution < -0.4 is 0 Å². The molecule has 1 aromatic rings. The second-order valence-corrected chi connectivity index (χ2v) is 2.80. The van der Waals surface area contributed by atoms with E-state index in [1.165, 1.54) is 6.92 Å². The summed E-state index contributed by atoms with van der Waals surface area (Å²) >= 11 is 0. The van der Waals surface area contributed by atoms with Crippen LogP contribution in [0, 0.1) is 0 Å². The standard InChI is InChI=1S/C9H8F3NO3/c1-2-16-8(15)6-3-5(9(10,11)12)7(14)4-13-6/h3-4,14H,2H2,1H3. The second-order valence-electron chi connectivity index (χ2n) is 2.80. The molecule has 0 atom stereocenters. The first-order valence-corrected chi connectivity index (χ1v) is 4.29. The third-order valence-corrected chi connectivity index (χ3v) is 1.67. The fourth-order valence-electron chi connectivity index (χ4n) is 0.992. The second kappa shape index (κ2) is 4.38. The molecule has 0 amide bonds. The number of aromatic nitrogens is 1. The quantitative estimate of drug-likeness (QED) is 0.796. The average molecular weight is 235 g/mol. The summed E-state index contributed by atoms with van der Waals surface area (Å²) in [5.74, 6) is -1.99. The molecule has 0 fully saturated rings. The average Bonchev–Trinajstić information content (AvgIpc) is 2.16. The van der Waals surface area contributed by atoms with Gasteiger partial charge >= 0.3 is 12.1 Å². The maximum Gasteiger partial charge on any atom is 0.420 e. The van der Waals surface area contributed by atoms with Crippen molar-refractivity contribution in [2.45, 2.75) is 13.1 Å². The Bertz CT molecular complexity index is 403. The van der Waals surface area contributed by atoms with Crippen molar-refractivity contribution in [1.82, 2.24) is 4.98 Å². The van der Waals surface area contributed by atoms with Gasteiger partial charge in [-0.1, -0.05) is 0 Å². The van der Waals surface area contributed by atoms with Gasteiger partial charge in [0.05, 0.1) is 12.8 Å². The molecule has 0 aliphatic rings. The van der Waals surface area contributed by atoms with Crippen molar-refractivity contribution in [2.24, 2.45) is 0 Å². The zero-order valence-corrected chi connectivity index (χ0v) is 8.21. The number of aromatic hydroxyl groups is 1. The van der Waals surface area contributed by atoms with Crippen LogP contribution in [-0.4, -0.2) is 22.7 Å². The van der Waals surface area contributed by atoms with Crippen LogP contribution in [-0.2, 0) is 10.9 Å². The van der Waals surface area contributed by atoms with Crippen LogP contribution in [0.2, 0.25) is 0 Å². The minimum absolute atomic E-state index is 0.0305. The molecule has 4 nitrogen and oxygen atoms in total. The summed E-state index contributed by atoms with van der Waals surface area (Å²) in [4.78, 5) is 14.4. The number of carbonyl (C=O) groups excluding carboxylic acids is 1. The molecule has 16 heavy (non-hydrogen) atoms. The molecule has 0 aliphatic heterocycles. The van der Waals surface area contributed by atoms with E-state index in [4.69, 9.17) is 5.11 Å². The molecule has 0 spiro atoms. The number of carbonyl (C=O) groups is 1. The third kappa shape index (κ3) is 2.62. The molecule has 1 N–H and O–H groups in total. The van der Waals surface area contributed by atoms with E-state index in [0.29, 0.717) is 12.3 Å². The van der Waals surface area contributed by atoms with Crippen molar-refractivity contribution in [1.29, 1.82) is 0 Å². The maximum absolute atomic E-state index is 12.3. The Balaban J connectivity index is 3.13. The van der Waals surface area contributed by atoms with Gasteiger partial charge in [-0.15, -0.1) is 0 Å². The highest BCUT2D eigenvalue weighted by atomic mass is 19.4. The number of rotatable bonds is 2. The van der Waals surface area contributed by atoms with E-state index in [2.05, 4.69) is 9.72 Å². The van der Waals surface area contributed by atoms with Crippen LogP contribution in [0.25, 0.3) is 0 Å². The van der Waals surface area contributed by atoms with E-state index < -0.39 is 29.2 Å². The molecule has 88 valence electrons. The van der Waals surface area contributed by atoms with Crippen molar-refractivity contribution in [3.05, 3.63) is 23.5 Å². The van der Waals surface area contributed by atoms with Crippen molar-refractivity contribution >= 4 is 5.97 Å². The van der Waals surface area contributed by atoms with Crippen molar-refractivity contribution in [2.75, 3.05) is 6.61 Å². The van der Waals surface area contributed by atoms with Gasteiger partial charge in [0.15, 0.2) is 0 Å². The fourth-order valence-corrected chi connectivity index (χ4v) is 0.992. The van der Waals surface area contributed by atoms with Gasteiger partial charge < -0.3 is 9.84 Å². The van der Waals surface area contributed by atoms with E-state index in [9.17, 15) is 18.0 Å². The first-order valence-electron chi connectivity index (χ1n) is 4.29. The van der Waals surface area contributed by atoms with Gasteiger partial charge in [0.25, 0.3) is 0 Å². The zero-order valence-electron chi connectivity index (χ0n) is 8.21. The zero-order chi connectivity index (χ0) is 12.3. The van der Waals surface area contributed by atoms with Gasteiger partial charge in [-0.3, -0.25) is 0 Å². The predicted octanol–water partition coefficient (Wildman–Crippen LogP) is 1.98. The molecular weight excluding hydrogens is 227 g/mol. The lowest BCUT2D eigenvalue weighted by atomic mass is 10.2. The Morgan fingerprint density at radius 3 is 2.69 bits per heavy atom. The first-order chi connectivity index (χ1) is 7.36. The minimum atomic E-state index is -4.74. The number of hydrogen-bond donors (Lipinski definition) is 1. The number of pyridine rings is 1. The van der Waals surface area contributed by atoms with Crippen LogP contribution in [0.3, 0.4) is 0 Å². The Morgan fingerprint density at radius 1 is 1.56 bits per heavy atom. The fraction of sp³-hybridized carbons (Fsp3) is 0.333.